The van der Waals surface area contributed by atoms with Crippen molar-refractivity contribution in [2.45, 2.75) is 18.9 Å². The van der Waals surface area contributed by atoms with E-state index in [1.165, 1.54) is 0 Å². The molecule has 0 radical (unpaired) electrons. The molecule has 4 heteroatoms. The van der Waals surface area contributed by atoms with Crippen LogP contribution in [-0.2, 0) is 0 Å². The molecule has 1 fully saturated rings. The van der Waals surface area contributed by atoms with Crippen molar-refractivity contribution in [1.29, 1.82) is 0 Å². The molecule has 1 aromatic carbocycles. The van der Waals surface area contributed by atoms with Crippen LogP contribution in [0.15, 0.2) is 24.3 Å². The van der Waals surface area contributed by atoms with Crippen molar-refractivity contribution in [2.24, 2.45) is 5.73 Å². The molecule has 1 aromatic rings. The molecule has 0 bridgehead atoms. The van der Waals surface area contributed by atoms with Gasteiger partial charge in [-0.2, -0.15) is 0 Å². The molecule has 0 spiro atoms. The molecule has 0 saturated carbocycles. The number of nitrogens with two attached hydrogens (primary N) is 1. The van der Waals surface area contributed by atoms with Crippen molar-refractivity contribution in [3.8, 4) is 5.75 Å². The van der Waals surface area contributed by atoms with Gasteiger partial charge in [0.1, 0.15) is 19.0 Å². The summed E-state index contributed by atoms with van der Waals surface area (Å²) in [6.45, 7) is 1.62. The van der Waals surface area contributed by atoms with E-state index in [-0.39, 0.29) is 6.61 Å². The van der Waals surface area contributed by atoms with Crippen LogP contribution in [0, 0.1) is 0 Å². The van der Waals surface area contributed by atoms with E-state index < -0.39 is 6.67 Å². The average molecular weight is 238 g/mol. The predicted octanol–water partition coefficient (Wildman–Crippen LogP) is 1.96. The van der Waals surface area contributed by atoms with Crippen LogP contribution in [0.5, 0.6) is 5.75 Å². The van der Waals surface area contributed by atoms with Crippen molar-refractivity contribution in [2.75, 3.05) is 31.3 Å². The Balaban J connectivity index is 2.00. The van der Waals surface area contributed by atoms with Gasteiger partial charge in [-0.3, -0.25) is 0 Å². The van der Waals surface area contributed by atoms with Crippen LogP contribution in [0.1, 0.15) is 12.8 Å². The third kappa shape index (κ3) is 3.33. The van der Waals surface area contributed by atoms with Gasteiger partial charge in [0.25, 0.3) is 0 Å². The summed E-state index contributed by atoms with van der Waals surface area (Å²) >= 11 is 0. The molecular formula is C13H19FN2O. The highest BCUT2D eigenvalue weighted by Gasteiger charge is 2.16. The Morgan fingerprint density at radius 1 is 1.35 bits per heavy atom. The van der Waals surface area contributed by atoms with Gasteiger partial charge in [0.05, 0.1) is 0 Å². The van der Waals surface area contributed by atoms with Crippen LogP contribution in [0.2, 0.25) is 0 Å². The van der Waals surface area contributed by atoms with Crippen molar-refractivity contribution in [3.05, 3.63) is 24.3 Å². The van der Waals surface area contributed by atoms with E-state index in [9.17, 15) is 4.39 Å². The lowest BCUT2D eigenvalue weighted by atomic mass is 10.1. The van der Waals surface area contributed by atoms with Gasteiger partial charge in [-0.15, -0.1) is 0 Å². The largest absolute Gasteiger partial charge is 0.491 e. The molecule has 1 aliphatic heterocycles. The minimum absolute atomic E-state index is 0.119. The Labute approximate surface area is 101 Å². The van der Waals surface area contributed by atoms with E-state index >= 15 is 0 Å². The third-order valence-electron chi connectivity index (χ3n) is 3.07. The molecule has 0 aliphatic carbocycles. The van der Waals surface area contributed by atoms with Crippen molar-refractivity contribution >= 4 is 5.69 Å². The highest BCUT2D eigenvalue weighted by Crippen LogP contribution is 2.23. The molecule has 94 valence electrons. The van der Waals surface area contributed by atoms with Crippen LogP contribution in [0.3, 0.4) is 0 Å². The molecular weight excluding hydrogens is 219 g/mol. The highest BCUT2D eigenvalue weighted by atomic mass is 19.1. The molecule has 0 unspecified atom stereocenters. The lowest BCUT2D eigenvalue weighted by molar-refractivity contribution is 0.273. The van der Waals surface area contributed by atoms with Crippen molar-refractivity contribution < 1.29 is 9.13 Å². The minimum atomic E-state index is -0.456. The van der Waals surface area contributed by atoms with E-state index in [4.69, 9.17) is 10.5 Å². The van der Waals surface area contributed by atoms with Crippen LogP contribution < -0.4 is 15.4 Å². The Morgan fingerprint density at radius 2 is 2.12 bits per heavy atom. The number of hydrogen-bond donors (Lipinski definition) is 1. The lowest BCUT2D eigenvalue weighted by Crippen LogP contribution is -2.39. The summed E-state index contributed by atoms with van der Waals surface area (Å²) in [5.74, 6) is 0.732. The SMILES string of the molecule is NC1CCN(c2cccc(OCCF)c2)CC1. The number of rotatable bonds is 4. The number of ether oxygens (including phenoxy) is 1. The van der Waals surface area contributed by atoms with Gasteiger partial charge in [0.2, 0.25) is 0 Å². The van der Waals surface area contributed by atoms with Crippen molar-refractivity contribution in [3.63, 3.8) is 0 Å². The number of alkyl halides is 1. The summed E-state index contributed by atoms with van der Waals surface area (Å²) in [5, 5.41) is 0. The molecule has 1 aliphatic rings. The van der Waals surface area contributed by atoms with Gasteiger partial charge in [-0.1, -0.05) is 6.07 Å². The summed E-state index contributed by atoms with van der Waals surface area (Å²) in [7, 11) is 0. The molecule has 17 heavy (non-hydrogen) atoms. The van der Waals surface area contributed by atoms with Crippen molar-refractivity contribution in [1.82, 2.24) is 0 Å². The molecule has 0 aromatic heterocycles. The van der Waals surface area contributed by atoms with E-state index in [1.54, 1.807) is 0 Å². The first-order chi connectivity index (χ1) is 8.29. The van der Waals surface area contributed by atoms with Gasteiger partial charge >= 0.3 is 0 Å². The summed E-state index contributed by atoms with van der Waals surface area (Å²) in [6.07, 6.45) is 2.05. The minimum Gasteiger partial charge on any atom is -0.491 e. The fourth-order valence-electron chi connectivity index (χ4n) is 2.08. The second-order valence-corrected chi connectivity index (χ2v) is 4.36. The van der Waals surface area contributed by atoms with Gasteiger partial charge < -0.3 is 15.4 Å². The molecule has 1 heterocycles. The summed E-state index contributed by atoms with van der Waals surface area (Å²) in [6, 6.07) is 8.15. The summed E-state index contributed by atoms with van der Waals surface area (Å²) in [4.78, 5) is 2.30. The number of anilines is 1. The Hall–Kier alpha value is -1.29. The Kier molecular flexibility index (Phi) is 4.20. The molecule has 0 amide bonds. The van der Waals surface area contributed by atoms with Crippen LogP contribution >= 0.6 is 0 Å². The van der Waals surface area contributed by atoms with Crippen LogP contribution in [0.4, 0.5) is 10.1 Å². The second kappa shape index (κ2) is 5.87. The number of piperidine rings is 1. The topological polar surface area (TPSA) is 38.5 Å². The third-order valence-corrected chi connectivity index (χ3v) is 3.07. The molecule has 2 N–H and O–H groups in total. The number of hydrogen-bond acceptors (Lipinski definition) is 3. The van der Waals surface area contributed by atoms with E-state index in [0.29, 0.717) is 6.04 Å². The average Bonchev–Trinajstić information content (AvgIpc) is 2.37. The van der Waals surface area contributed by atoms with Crippen LogP contribution in [0.25, 0.3) is 0 Å². The maximum absolute atomic E-state index is 12.0. The molecule has 3 nitrogen and oxygen atoms in total. The Morgan fingerprint density at radius 3 is 2.82 bits per heavy atom. The lowest BCUT2D eigenvalue weighted by Gasteiger charge is -2.32. The quantitative estimate of drug-likeness (QED) is 0.871. The maximum atomic E-state index is 12.0. The summed E-state index contributed by atoms with van der Waals surface area (Å²) < 4.78 is 17.3. The zero-order chi connectivity index (χ0) is 12.1. The monoisotopic (exact) mass is 238 g/mol. The standard InChI is InChI=1S/C13H19FN2O/c14-6-9-17-13-3-1-2-12(10-13)16-7-4-11(15)5-8-16/h1-3,10-11H,4-9,15H2. The van der Waals surface area contributed by atoms with Crippen LogP contribution in [-0.4, -0.2) is 32.4 Å². The Bertz CT molecular complexity index is 351. The zero-order valence-electron chi connectivity index (χ0n) is 9.94. The number of halogens is 1. The first kappa shape index (κ1) is 12.2. The van der Waals surface area contributed by atoms with Gasteiger partial charge in [-0.25, -0.2) is 4.39 Å². The summed E-state index contributed by atoms with van der Waals surface area (Å²) in [5.41, 5.74) is 7.01. The fraction of sp³-hybridized carbons (Fsp3) is 0.538. The van der Waals surface area contributed by atoms with Gasteiger partial charge in [0, 0.05) is 30.9 Å². The zero-order valence-corrected chi connectivity index (χ0v) is 9.94. The van der Waals surface area contributed by atoms with Gasteiger partial charge in [0.15, 0.2) is 0 Å². The number of nitrogens with zero attached hydrogens (tertiary/aromatic N) is 1. The fourth-order valence-corrected chi connectivity index (χ4v) is 2.08. The first-order valence-electron chi connectivity index (χ1n) is 6.09. The smallest absolute Gasteiger partial charge is 0.123 e. The van der Waals surface area contributed by atoms with Gasteiger partial charge in [-0.05, 0) is 25.0 Å². The molecule has 0 atom stereocenters. The predicted molar refractivity (Wildman–Crippen MR) is 67.3 cm³/mol. The van der Waals surface area contributed by atoms with E-state index in [2.05, 4.69) is 11.0 Å². The van der Waals surface area contributed by atoms with E-state index in [0.717, 1.165) is 37.4 Å². The second-order valence-electron chi connectivity index (χ2n) is 4.36. The normalized spacial score (nSPS) is 17.2. The van der Waals surface area contributed by atoms with E-state index in [1.807, 2.05) is 18.2 Å². The molecule has 2 rings (SSSR count). The number of benzene rings is 1. The molecule has 1 saturated heterocycles. The maximum Gasteiger partial charge on any atom is 0.123 e. The first-order valence-corrected chi connectivity index (χ1v) is 6.09. The highest BCUT2D eigenvalue weighted by molar-refractivity contribution is 5.51.